The van der Waals surface area contributed by atoms with Crippen LogP contribution in [-0.4, -0.2) is 92.1 Å². The summed E-state index contributed by atoms with van der Waals surface area (Å²) in [5.74, 6) is 3.06. The molecule has 0 spiro atoms. The smallest absolute Gasteiger partial charge is 0.407 e. The van der Waals surface area contributed by atoms with Gasteiger partial charge in [-0.2, -0.15) is 0 Å². The molecule has 4 fully saturated rings. The summed E-state index contributed by atoms with van der Waals surface area (Å²) in [4.78, 5) is 72.7. The maximum atomic E-state index is 13.9. The number of alkyl carbamates (subject to hydrolysis) is 2. The van der Waals surface area contributed by atoms with E-state index >= 15 is 0 Å². The average molecular weight is 803 g/mol. The zero-order valence-corrected chi connectivity index (χ0v) is 34.0. The van der Waals surface area contributed by atoms with E-state index in [4.69, 9.17) is 24.2 Å². The van der Waals surface area contributed by atoms with Gasteiger partial charge >= 0.3 is 12.2 Å². The number of H-pyrrole nitrogens is 2. The van der Waals surface area contributed by atoms with Gasteiger partial charge in [0.05, 0.1) is 42.9 Å². The Labute approximate surface area is 341 Å². The fraction of sp³-hybridized carbons (Fsp3) is 0.455. The molecule has 4 heterocycles. The molecule has 8 atom stereocenters. The lowest BCUT2D eigenvalue weighted by atomic mass is 10.0. The SMILES string of the molecule is COC(=O)NC(C(=O)N1[C@@H]2C[C@@H]2C[C@H]1c1nc2cc(-c3ccc(Oc4cccc5[nH]c([C@@H]6C[C@H]7C[C@H]7N6C(=O)C(NC(=O)OC)C(C)C)nc45)cc3)ccc2[nH]1)C(C)C. The predicted molar refractivity (Wildman–Crippen MR) is 218 cm³/mol. The number of fused-ring (bicyclic) bond motifs is 4. The molecule has 15 nitrogen and oxygen atoms in total. The Morgan fingerprint density at radius 3 is 1.78 bits per heavy atom. The molecule has 4 N–H and O–H groups in total. The van der Waals surface area contributed by atoms with Crippen LogP contribution < -0.4 is 15.4 Å². The number of piperidine rings is 2. The molecule has 9 rings (SSSR count). The second-order valence-electron chi connectivity index (χ2n) is 17.1. The highest BCUT2D eigenvalue weighted by Gasteiger charge is 2.57. The largest absolute Gasteiger partial charge is 0.455 e. The number of para-hydroxylation sites is 1. The van der Waals surface area contributed by atoms with Gasteiger partial charge in [0.15, 0.2) is 5.75 Å². The van der Waals surface area contributed by atoms with Crippen molar-refractivity contribution in [1.82, 2.24) is 40.4 Å². The molecule has 5 aromatic rings. The van der Waals surface area contributed by atoms with E-state index in [1.165, 1.54) is 14.2 Å². The number of amides is 4. The maximum Gasteiger partial charge on any atom is 0.407 e. The van der Waals surface area contributed by atoms with E-state index in [-0.39, 0.29) is 47.8 Å². The molecule has 0 bridgehead atoms. The number of benzene rings is 3. The van der Waals surface area contributed by atoms with Crippen LogP contribution in [0.4, 0.5) is 9.59 Å². The zero-order valence-electron chi connectivity index (χ0n) is 34.0. The lowest BCUT2D eigenvalue weighted by molar-refractivity contribution is -0.137. The highest BCUT2D eigenvalue weighted by Crippen LogP contribution is 2.55. The van der Waals surface area contributed by atoms with Crippen molar-refractivity contribution in [3.8, 4) is 22.6 Å². The summed E-state index contributed by atoms with van der Waals surface area (Å²) in [5.41, 5.74) is 5.15. The predicted octanol–water partition coefficient (Wildman–Crippen LogP) is 6.98. The summed E-state index contributed by atoms with van der Waals surface area (Å²) in [6, 6.07) is 18.2. The van der Waals surface area contributed by atoms with E-state index in [0.717, 1.165) is 59.2 Å². The highest BCUT2D eigenvalue weighted by atomic mass is 16.5. The first-order valence-corrected chi connectivity index (χ1v) is 20.5. The van der Waals surface area contributed by atoms with Crippen molar-refractivity contribution in [2.75, 3.05) is 14.2 Å². The van der Waals surface area contributed by atoms with Gasteiger partial charge in [0.25, 0.3) is 0 Å². The minimum atomic E-state index is -0.707. The number of aromatic nitrogens is 4. The number of ether oxygens (including phenoxy) is 3. The monoisotopic (exact) mass is 802 g/mol. The Morgan fingerprint density at radius 1 is 0.678 bits per heavy atom. The first-order valence-electron chi connectivity index (χ1n) is 20.5. The molecule has 308 valence electrons. The second-order valence-corrected chi connectivity index (χ2v) is 17.1. The number of hydrogen-bond donors (Lipinski definition) is 4. The molecule has 2 unspecified atom stereocenters. The van der Waals surface area contributed by atoms with E-state index in [1.54, 1.807) is 0 Å². The first-order chi connectivity index (χ1) is 28.4. The summed E-state index contributed by atoms with van der Waals surface area (Å²) in [6.45, 7) is 7.66. The molecule has 2 saturated carbocycles. The molecule has 3 aromatic carbocycles. The Balaban J connectivity index is 0.909. The highest BCUT2D eigenvalue weighted by molar-refractivity contribution is 5.89. The van der Waals surface area contributed by atoms with Crippen LogP contribution >= 0.6 is 0 Å². The third-order valence-corrected chi connectivity index (χ3v) is 12.5. The standard InChI is InChI=1S/C44H50N8O7/c1-21(2)36(49-43(55)57-5)41(53)51-31-17-25(31)19-33(51)39-45-28-15-12-24(16-30(28)47-39)23-10-13-27(14-11-23)59-35-9-7-8-29-38(35)48-40(46-29)34-20-26-18-32(26)52(34)42(54)37(22(3)4)50-44(56)58-6/h7-16,21-22,25-26,31-34,36-37H,17-20H2,1-6H3,(H,45,47)(H,46,48)(H,49,55)(H,50,56)/t25-,26-,31-,32-,33+,34+,36?,37?/m1/s1. The normalized spacial score (nSPS) is 23.9. The van der Waals surface area contributed by atoms with Crippen LogP contribution in [0.5, 0.6) is 11.5 Å². The van der Waals surface area contributed by atoms with Crippen LogP contribution in [0.1, 0.15) is 77.1 Å². The number of imidazole rings is 2. The van der Waals surface area contributed by atoms with E-state index < -0.39 is 24.3 Å². The van der Waals surface area contributed by atoms with Gasteiger partial charge in [-0.05, 0) is 96.9 Å². The van der Waals surface area contributed by atoms with Gasteiger partial charge in [-0.1, -0.05) is 52.0 Å². The zero-order chi connectivity index (χ0) is 41.3. The number of carbonyl (C=O) groups is 4. The van der Waals surface area contributed by atoms with Gasteiger partial charge in [0, 0.05) is 12.1 Å². The van der Waals surface area contributed by atoms with Gasteiger partial charge in [-0.15, -0.1) is 0 Å². The molecular formula is C44H50N8O7. The lowest BCUT2D eigenvalue weighted by Gasteiger charge is -2.31. The number of nitrogens with zero attached hydrogens (tertiary/aromatic N) is 4. The Kier molecular flexibility index (Phi) is 9.71. The van der Waals surface area contributed by atoms with Gasteiger partial charge in [0.2, 0.25) is 11.8 Å². The number of methoxy groups -OCH3 is 2. The summed E-state index contributed by atoms with van der Waals surface area (Å²) in [5, 5.41) is 5.48. The molecule has 2 saturated heterocycles. The average Bonchev–Trinajstić information content (AvgIpc) is 3.88. The van der Waals surface area contributed by atoms with Crippen LogP contribution in [0.25, 0.3) is 33.2 Å². The number of carbonyl (C=O) groups excluding carboxylic acids is 4. The third kappa shape index (κ3) is 7.10. The molecule has 2 aromatic heterocycles. The van der Waals surface area contributed by atoms with Crippen molar-refractivity contribution in [3.63, 3.8) is 0 Å². The topological polar surface area (TPSA) is 184 Å². The van der Waals surface area contributed by atoms with Gasteiger partial charge in [0.1, 0.15) is 35.0 Å². The number of hydrogen-bond acceptors (Lipinski definition) is 9. The van der Waals surface area contributed by atoms with Crippen molar-refractivity contribution >= 4 is 46.1 Å². The van der Waals surface area contributed by atoms with Crippen molar-refractivity contribution in [1.29, 1.82) is 0 Å². The van der Waals surface area contributed by atoms with Crippen molar-refractivity contribution < 1.29 is 33.4 Å². The molecule has 15 heteroatoms. The molecule has 4 amide bonds. The van der Waals surface area contributed by atoms with Crippen LogP contribution in [0.15, 0.2) is 60.7 Å². The summed E-state index contributed by atoms with van der Waals surface area (Å²) in [7, 11) is 2.59. The van der Waals surface area contributed by atoms with Gasteiger partial charge in [-0.3, -0.25) is 9.59 Å². The summed E-state index contributed by atoms with van der Waals surface area (Å²) < 4.78 is 16.0. The molecule has 59 heavy (non-hydrogen) atoms. The van der Waals surface area contributed by atoms with Crippen LogP contribution in [0.3, 0.4) is 0 Å². The second kappa shape index (κ2) is 14.9. The van der Waals surface area contributed by atoms with Gasteiger partial charge < -0.3 is 44.6 Å². The number of likely N-dealkylation sites (tertiary alicyclic amines) is 2. The molecular weight excluding hydrogens is 753 g/mol. The van der Waals surface area contributed by atoms with Crippen LogP contribution in [0, 0.1) is 23.7 Å². The van der Waals surface area contributed by atoms with Crippen LogP contribution in [0.2, 0.25) is 0 Å². The Hall–Kier alpha value is -6.12. The molecule has 2 aliphatic carbocycles. The van der Waals surface area contributed by atoms with Crippen molar-refractivity contribution in [3.05, 3.63) is 72.3 Å². The third-order valence-electron chi connectivity index (χ3n) is 12.5. The van der Waals surface area contributed by atoms with E-state index in [0.29, 0.717) is 34.7 Å². The Morgan fingerprint density at radius 2 is 1.22 bits per heavy atom. The summed E-state index contributed by atoms with van der Waals surface area (Å²) in [6.07, 6.45) is 2.30. The molecule has 4 aliphatic rings. The molecule has 2 aliphatic heterocycles. The van der Waals surface area contributed by atoms with Gasteiger partial charge in [-0.25, -0.2) is 19.6 Å². The van der Waals surface area contributed by atoms with E-state index in [2.05, 4.69) is 20.6 Å². The summed E-state index contributed by atoms with van der Waals surface area (Å²) >= 11 is 0. The van der Waals surface area contributed by atoms with Crippen molar-refractivity contribution in [2.45, 2.75) is 89.6 Å². The van der Waals surface area contributed by atoms with Crippen LogP contribution in [-0.2, 0) is 19.1 Å². The minimum Gasteiger partial charge on any atom is -0.455 e. The van der Waals surface area contributed by atoms with E-state index in [1.807, 2.05) is 98.2 Å². The Bertz CT molecular complexity index is 2440. The van der Waals surface area contributed by atoms with E-state index in [9.17, 15) is 19.2 Å². The van der Waals surface area contributed by atoms with Crippen molar-refractivity contribution in [2.24, 2.45) is 23.7 Å². The fourth-order valence-electron chi connectivity index (χ4n) is 9.23. The fourth-order valence-corrected chi connectivity index (χ4v) is 9.23. The quantitative estimate of drug-likeness (QED) is 0.109. The number of nitrogens with one attached hydrogen (secondary N) is 4. The lowest BCUT2D eigenvalue weighted by Crippen LogP contribution is -2.52. The minimum absolute atomic E-state index is 0.109. The number of rotatable bonds is 11. The molecule has 0 radical (unpaired) electrons. The maximum absolute atomic E-state index is 13.9. The first kappa shape index (κ1) is 38.4. The number of aromatic amines is 2.